The fraction of sp³-hybridized carbons (Fsp3) is 0.562. The number of nitrogens with zero attached hydrogens (tertiary/aromatic N) is 1. The summed E-state index contributed by atoms with van der Waals surface area (Å²) in [7, 11) is 1.63. The number of ether oxygens (including phenoxy) is 2. The summed E-state index contributed by atoms with van der Waals surface area (Å²) >= 11 is 0. The van der Waals surface area contributed by atoms with Crippen molar-refractivity contribution in [3.63, 3.8) is 0 Å². The molecule has 0 bridgehead atoms. The Morgan fingerprint density at radius 1 is 1.25 bits per heavy atom. The third-order valence-corrected chi connectivity index (χ3v) is 3.41. The molecule has 0 aliphatic heterocycles. The van der Waals surface area contributed by atoms with Gasteiger partial charge in [-0.15, -0.1) is 0 Å². The Morgan fingerprint density at radius 3 is 2.50 bits per heavy atom. The van der Waals surface area contributed by atoms with Gasteiger partial charge in [0.25, 0.3) is 0 Å². The Hall–Kier alpha value is -1.73. The third kappa shape index (κ3) is 4.43. The van der Waals surface area contributed by atoms with Crippen molar-refractivity contribution in [3.05, 3.63) is 24.3 Å². The summed E-state index contributed by atoms with van der Waals surface area (Å²) in [6, 6.07) is 9.99. The fourth-order valence-electron chi connectivity index (χ4n) is 2.20. The minimum Gasteiger partial charge on any atom is -0.493 e. The number of para-hydroxylation sites is 2. The van der Waals surface area contributed by atoms with Gasteiger partial charge >= 0.3 is 0 Å². The topological polar surface area (TPSA) is 54.3 Å². The second-order valence-electron chi connectivity index (χ2n) is 4.68. The molecule has 0 aliphatic rings. The van der Waals surface area contributed by atoms with Crippen LogP contribution in [0.2, 0.25) is 0 Å². The van der Waals surface area contributed by atoms with Crippen LogP contribution in [0.3, 0.4) is 0 Å². The van der Waals surface area contributed by atoms with Crippen LogP contribution in [-0.4, -0.2) is 25.8 Å². The highest BCUT2D eigenvalue weighted by Crippen LogP contribution is 2.26. The van der Waals surface area contributed by atoms with Crippen molar-refractivity contribution in [3.8, 4) is 17.6 Å². The van der Waals surface area contributed by atoms with Crippen LogP contribution in [0.15, 0.2) is 24.3 Å². The quantitative estimate of drug-likeness (QED) is 0.704. The minimum atomic E-state index is -0.432. The van der Waals surface area contributed by atoms with Gasteiger partial charge in [0.2, 0.25) is 0 Å². The molecular weight excluding hydrogens is 252 g/mol. The normalized spacial score (nSPS) is 13.3. The van der Waals surface area contributed by atoms with Crippen LogP contribution in [0, 0.1) is 11.3 Å². The van der Waals surface area contributed by atoms with Crippen LogP contribution in [0.4, 0.5) is 0 Å². The first-order valence-corrected chi connectivity index (χ1v) is 7.13. The van der Waals surface area contributed by atoms with Gasteiger partial charge in [-0.05, 0) is 37.9 Å². The van der Waals surface area contributed by atoms with E-state index in [9.17, 15) is 5.26 Å². The smallest absolute Gasteiger partial charge is 0.161 e. The minimum absolute atomic E-state index is 0.432. The van der Waals surface area contributed by atoms with E-state index >= 15 is 0 Å². The molecule has 1 aromatic rings. The Kier molecular flexibility index (Phi) is 6.89. The van der Waals surface area contributed by atoms with E-state index in [1.807, 2.05) is 38.1 Å². The van der Waals surface area contributed by atoms with E-state index < -0.39 is 5.54 Å². The summed E-state index contributed by atoms with van der Waals surface area (Å²) in [4.78, 5) is 0. The van der Waals surface area contributed by atoms with Crippen molar-refractivity contribution in [2.24, 2.45) is 0 Å². The van der Waals surface area contributed by atoms with Gasteiger partial charge in [0.1, 0.15) is 5.54 Å². The van der Waals surface area contributed by atoms with Crippen molar-refractivity contribution in [1.82, 2.24) is 5.32 Å². The van der Waals surface area contributed by atoms with Crippen LogP contribution in [-0.2, 0) is 0 Å². The number of methoxy groups -OCH3 is 1. The van der Waals surface area contributed by atoms with Crippen LogP contribution in [0.5, 0.6) is 11.5 Å². The molecule has 0 fully saturated rings. The van der Waals surface area contributed by atoms with Gasteiger partial charge < -0.3 is 9.47 Å². The molecule has 0 amide bonds. The van der Waals surface area contributed by atoms with Gasteiger partial charge in [-0.1, -0.05) is 26.0 Å². The maximum Gasteiger partial charge on any atom is 0.161 e. The molecule has 1 aromatic carbocycles. The summed E-state index contributed by atoms with van der Waals surface area (Å²) in [5.74, 6) is 1.48. The molecule has 1 rings (SSSR count). The van der Waals surface area contributed by atoms with Gasteiger partial charge in [-0.25, -0.2) is 0 Å². The predicted molar refractivity (Wildman–Crippen MR) is 80.0 cm³/mol. The summed E-state index contributed by atoms with van der Waals surface area (Å²) in [6.45, 7) is 5.43. The first kappa shape index (κ1) is 16.3. The van der Waals surface area contributed by atoms with E-state index in [-0.39, 0.29) is 0 Å². The maximum atomic E-state index is 9.33. The summed E-state index contributed by atoms with van der Waals surface area (Å²) in [6.07, 6.45) is 2.40. The number of nitrogens with one attached hydrogen (secondary N) is 1. The summed E-state index contributed by atoms with van der Waals surface area (Å²) in [5.41, 5.74) is -0.432. The first-order chi connectivity index (χ1) is 9.71. The average Bonchev–Trinajstić information content (AvgIpc) is 2.51. The SMILES string of the molecule is CCNC(C#N)(CC)CCCOc1ccccc1OC. The molecule has 0 spiro atoms. The molecule has 0 heterocycles. The zero-order valence-corrected chi connectivity index (χ0v) is 12.6. The summed E-state index contributed by atoms with van der Waals surface area (Å²) < 4.78 is 11.0. The molecule has 1 atom stereocenters. The van der Waals surface area contributed by atoms with Crippen molar-refractivity contribution in [1.29, 1.82) is 5.26 Å². The van der Waals surface area contributed by atoms with E-state index in [2.05, 4.69) is 11.4 Å². The van der Waals surface area contributed by atoms with Gasteiger partial charge in [-0.2, -0.15) is 5.26 Å². The predicted octanol–water partition coefficient (Wildman–Crippen LogP) is 3.14. The van der Waals surface area contributed by atoms with Gasteiger partial charge in [0, 0.05) is 0 Å². The molecule has 20 heavy (non-hydrogen) atoms. The lowest BCUT2D eigenvalue weighted by Gasteiger charge is -2.26. The molecule has 1 unspecified atom stereocenters. The van der Waals surface area contributed by atoms with Crippen molar-refractivity contribution in [2.75, 3.05) is 20.3 Å². The molecule has 1 N–H and O–H groups in total. The molecule has 4 heteroatoms. The number of hydrogen-bond donors (Lipinski definition) is 1. The lowest BCUT2D eigenvalue weighted by Crippen LogP contribution is -2.43. The molecule has 0 aliphatic carbocycles. The van der Waals surface area contributed by atoms with E-state index in [4.69, 9.17) is 9.47 Å². The Labute approximate surface area is 121 Å². The second kappa shape index (κ2) is 8.44. The van der Waals surface area contributed by atoms with E-state index in [0.29, 0.717) is 6.61 Å². The second-order valence-corrected chi connectivity index (χ2v) is 4.68. The number of hydrogen-bond acceptors (Lipinski definition) is 4. The molecule has 0 aromatic heterocycles. The number of benzene rings is 1. The van der Waals surface area contributed by atoms with Crippen LogP contribution in [0.1, 0.15) is 33.1 Å². The number of rotatable bonds is 9. The average molecular weight is 276 g/mol. The molecule has 0 radical (unpaired) electrons. The molecule has 110 valence electrons. The zero-order valence-electron chi connectivity index (χ0n) is 12.6. The van der Waals surface area contributed by atoms with Crippen molar-refractivity contribution >= 4 is 0 Å². The highest BCUT2D eigenvalue weighted by molar-refractivity contribution is 5.39. The Balaban J connectivity index is 2.46. The van der Waals surface area contributed by atoms with E-state index in [0.717, 1.165) is 37.3 Å². The molecule has 0 saturated heterocycles. The molecule has 4 nitrogen and oxygen atoms in total. The lowest BCUT2D eigenvalue weighted by atomic mass is 9.92. The van der Waals surface area contributed by atoms with E-state index in [1.54, 1.807) is 7.11 Å². The largest absolute Gasteiger partial charge is 0.493 e. The zero-order chi connectivity index (χ0) is 14.8. The number of nitriles is 1. The molecule has 0 saturated carbocycles. The van der Waals surface area contributed by atoms with Gasteiger partial charge in [0.05, 0.1) is 19.8 Å². The fourth-order valence-corrected chi connectivity index (χ4v) is 2.20. The highest BCUT2D eigenvalue weighted by Gasteiger charge is 2.25. The monoisotopic (exact) mass is 276 g/mol. The van der Waals surface area contributed by atoms with Crippen LogP contribution in [0.25, 0.3) is 0 Å². The Bertz CT molecular complexity index is 442. The first-order valence-electron chi connectivity index (χ1n) is 7.13. The molecular formula is C16H24N2O2. The van der Waals surface area contributed by atoms with Crippen molar-refractivity contribution < 1.29 is 9.47 Å². The van der Waals surface area contributed by atoms with Crippen LogP contribution < -0.4 is 14.8 Å². The van der Waals surface area contributed by atoms with Gasteiger partial charge in [0.15, 0.2) is 11.5 Å². The lowest BCUT2D eigenvalue weighted by molar-refractivity contribution is 0.265. The van der Waals surface area contributed by atoms with Gasteiger partial charge in [-0.3, -0.25) is 5.32 Å². The third-order valence-electron chi connectivity index (χ3n) is 3.41. The van der Waals surface area contributed by atoms with Crippen LogP contribution >= 0.6 is 0 Å². The Morgan fingerprint density at radius 2 is 1.95 bits per heavy atom. The standard InChI is InChI=1S/C16H24N2O2/c1-4-16(13-17,18-5-2)11-8-12-20-15-10-7-6-9-14(15)19-3/h6-7,9-10,18H,4-5,8,11-12H2,1-3H3. The summed E-state index contributed by atoms with van der Waals surface area (Å²) in [5, 5.41) is 12.6. The van der Waals surface area contributed by atoms with E-state index in [1.165, 1.54) is 0 Å². The maximum absolute atomic E-state index is 9.33. The highest BCUT2D eigenvalue weighted by atomic mass is 16.5. The van der Waals surface area contributed by atoms with Crippen molar-refractivity contribution in [2.45, 2.75) is 38.6 Å².